The highest BCUT2D eigenvalue weighted by molar-refractivity contribution is 7.92. The molecule has 4 rings (SSSR count). The van der Waals surface area contributed by atoms with Crippen molar-refractivity contribution in [3.05, 3.63) is 82.9 Å². The van der Waals surface area contributed by atoms with E-state index in [-0.39, 0.29) is 34.1 Å². The molecule has 0 aliphatic carbocycles. The Morgan fingerprint density at radius 3 is 2.48 bits per heavy atom. The summed E-state index contributed by atoms with van der Waals surface area (Å²) in [4.78, 5) is 15.3. The maximum atomic E-state index is 13.7. The molecular weight excluding hydrogens is 460 g/mol. The summed E-state index contributed by atoms with van der Waals surface area (Å²) in [6, 6.07) is 18.8. The van der Waals surface area contributed by atoms with E-state index >= 15 is 0 Å². The summed E-state index contributed by atoms with van der Waals surface area (Å²) in [6.07, 6.45) is 0.723. The van der Waals surface area contributed by atoms with Gasteiger partial charge in [-0.05, 0) is 62.2 Å². The normalized spacial score (nSPS) is 15.3. The number of rotatable bonds is 6. The number of fused-ring (bicyclic) bond motifs is 1. The summed E-state index contributed by atoms with van der Waals surface area (Å²) in [5.41, 5.74) is 3.11. The molecule has 0 N–H and O–H groups in total. The molecule has 0 saturated heterocycles. The zero-order valence-corrected chi connectivity index (χ0v) is 20.2. The number of aryl methyl sites for hydroxylation is 1. The lowest BCUT2D eigenvalue weighted by Crippen LogP contribution is -2.45. The number of carbonyl (C=O) groups excluding carboxylic acids is 1. The second-order valence-corrected chi connectivity index (χ2v) is 10.4. The van der Waals surface area contributed by atoms with Crippen LogP contribution in [-0.2, 0) is 21.2 Å². The van der Waals surface area contributed by atoms with Crippen molar-refractivity contribution < 1.29 is 17.9 Å². The van der Waals surface area contributed by atoms with Gasteiger partial charge in [-0.3, -0.25) is 9.10 Å². The van der Waals surface area contributed by atoms with E-state index in [1.165, 1.54) is 13.2 Å². The number of nitrogens with zero attached hydrogens (tertiary/aromatic N) is 2. The first-order chi connectivity index (χ1) is 15.7. The molecule has 0 radical (unpaired) electrons. The van der Waals surface area contributed by atoms with Crippen molar-refractivity contribution in [3.63, 3.8) is 0 Å². The van der Waals surface area contributed by atoms with Crippen LogP contribution in [0.25, 0.3) is 0 Å². The molecule has 0 spiro atoms. The average molecular weight is 485 g/mol. The Bertz CT molecular complexity index is 1290. The smallest absolute Gasteiger partial charge is 0.264 e. The predicted molar refractivity (Wildman–Crippen MR) is 131 cm³/mol. The first kappa shape index (κ1) is 23.1. The van der Waals surface area contributed by atoms with Crippen molar-refractivity contribution in [1.29, 1.82) is 0 Å². The maximum Gasteiger partial charge on any atom is 0.264 e. The Kier molecular flexibility index (Phi) is 6.36. The monoisotopic (exact) mass is 484 g/mol. The fraction of sp³-hybridized carbons (Fsp3) is 0.240. The molecule has 8 heteroatoms. The van der Waals surface area contributed by atoms with E-state index in [2.05, 4.69) is 0 Å². The summed E-state index contributed by atoms with van der Waals surface area (Å²) in [5.74, 6) is 0.108. The van der Waals surface area contributed by atoms with E-state index in [1.54, 1.807) is 41.3 Å². The number of anilines is 2. The fourth-order valence-corrected chi connectivity index (χ4v) is 5.77. The maximum absolute atomic E-state index is 13.7. The number of para-hydroxylation sites is 1. The van der Waals surface area contributed by atoms with Crippen LogP contribution in [0, 0.1) is 6.92 Å². The van der Waals surface area contributed by atoms with Gasteiger partial charge in [-0.15, -0.1) is 0 Å². The van der Waals surface area contributed by atoms with E-state index in [4.69, 9.17) is 16.3 Å². The fourth-order valence-electron chi connectivity index (χ4n) is 4.11. The van der Waals surface area contributed by atoms with Gasteiger partial charge in [0.05, 0.1) is 22.7 Å². The third kappa shape index (κ3) is 4.43. The predicted octanol–water partition coefficient (Wildman–Crippen LogP) is 4.83. The molecule has 6 nitrogen and oxygen atoms in total. The lowest BCUT2D eigenvalue weighted by molar-refractivity contribution is -0.117. The summed E-state index contributed by atoms with van der Waals surface area (Å²) in [5, 5.41) is 0.256. The number of sulfonamides is 1. The van der Waals surface area contributed by atoms with Gasteiger partial charge in [-0.2, -0.15) is 0 Å². The number of carbonyl (C=O) groups is 1. The molecule has 1 aliphatic rings. The summed E-state index contributed by atoms with van der Waals surface area (Å²) < 4.78 is 33.7. The van der Waals surface area contributed by atoms with Gasteiger partial charge in [-0.25, -0.2) is 8.42 Å². The van der Waals surface area contributed by atoms with E-state index in [0.717, 1.165) is 27.5 Å². The van der Waals surface area contributed by atoms with Crippen LogP contribution in [0.4, 0.5) is 11.4 Å². The lowest BCUT2D eigenvalue weighted by Gasteiger charge is -2.29. The molecule has 1 amide bonds. The van der Waals surface area contributed by atoms with Gasteiger partial charge in [0.15, 0.2) is 0 Å². The number of halogens is 1. The molecule has 1 unspecified atom stereocenters. The second kappa shape index (κ2) is 9.08. The molecule has 3 aromatic rings. The molecule has 0 aromatic heterocycles. The summed E-state index contributed by atoms with van der Waals surface area (Å²) in [6.45, 7) is 3.48. The van der Waals surface area contributed by atoms with Gasteiger partial charge in [0.1, 0.15) is 12.3 Å². The van der Waals surface area contributed by atoms with E-state index in [9.17, 15) is 13.2 Å². The Labute approximate surface area is 199 Å². The van der Waals surface area contributed by atoms with Crippen LogP contribution in [-0.4, -0.2) is 34.0 Å². The minimum Gasteiger partial charge on any atom is -0.495 e. The van der Waals surface area contributed by atoms with Gasteiger partial charge < -0.3 is 9.64 Å². The van der Waals surface area contributed by atoms with Crippen LogP contribution in [0.5, 0.6) is 5.75 Å². The number of hydrogen-bond donors (Lipinski definition) is 0. The minimum atomic E-state index is -4.04. The highest BCUT2D eigenvalue weighted by Crippen LogP contribution is 2.35. The molecule has 3 aromatic carbocycles. The molecular formula is C25H25ClN2O4S. The van der Waals surface area contributed by atoms with Crippen molar-refractivity contribution in [2.24, 2.45) is 0 Å². The van der Waals surface area contributed by atoms with Crippen LogP contribution < -0.4 is 13.9 Å². The molecule has 0 bridgehead atoms. The average Bonchev–Trinajstić information content (AvgIpc) is 3.13. The van der Waals surface area contributed by atoms with Crippen LogP contribution >= 0.6 is 11.6 Å². The Morgan fingerprint density at radius 1 is 1.12 bits per heavy atom. The Balaban J connectivity index is 1.75. The molecule has 1 aliphatic heterocycles. The van der Waals surface area contributed by atoms with Crippen molar-refractivity contribution in [2.45, 2.75) is 31.2 Å². The molecule has 1 atom stereocenters. The van der Waals surface area contributed by atoms with E-state index < -0.39 is 10.0 Å². The topological polar surface area (TPSA) is 66.9 Å². The third-order valence-corrected chi connectivity index (χ3v) is 7.87. The van der Waals surface area contributed by atoms with Crippen molar-refractivity contribution >= 4 is 38.9 Å². The number of benzene rings is 3. The number of ether oxygens (including phenoxy) is 1. The highest BCUT2D eigenvalue weighted by Gasteiger charge is 2.35. The molecule has 0 fully saturated rings. The Morgan fingerprint density at radius 2 is 1.82 bits per heavy atom. The zero-order chi connectivity index (χ0) is 23.8. The van der Waals surface area contributed by atoms with Crippen LogP contribution in [0.3, 0.4) is 0 Å². The van der Waals surface area contributed by atoms with Gasteiger partial charge in [-0.1, -0.05) is 47.5 Å². The SMILES string of the molecule is COc1ccc(N(CC(=O)N2c3ccccc3CC2C)S(=O)(=O)c2ccc(C)cc2)cc1Cl. The molecule has 1 heterocycles. The standard InChI is InChI=1S/C25H25ClN2O4S/c1-17-8-11-21(12-9-17)33(30,31)27(20-10-13-24(32-3)22(26)15-20)16-25(29)28-18(2)14-19-6-4-5-7-23(19)28/h4-13,15,18H,14,16H2,1-3H3. The highest BCUT2D eigenvalue weighted by atomic mass is 35.5. The second-order valence-electron chi connectivity index (χ2n) is 8.09. The van der Waals surface area contributed by atoms with Gasteiger partial charge in [0.25, 0.3) is 10.0 Å². The molecule has 0 saturated carbocycles. The van der Waals surface area contributed by atoms with Gasteiger partial charge in [0, 0.05) is 11.7 Å². The summed E-state index contributed by atoms with van der Waals surface area (Å²) >= 11 is 6.30. The van der Waals surface area contributed by atoms with Crippen molar-refractivity contribution in [2.75, 3.05) is 22.9 Å². The van der Waals surface area contributed by atoms with Gasteiger partial charge in [0.2, 0.25) is 5.91 Å². The summed E-state index contributed by atoms with van der Waals surface area (Å²) in [7, 11) is -2.56. The molecule has 33 heavy (non-hydrogen) atoms. The Hall–Kier alpha value is -3.03. The van der Waals surface area contributed by atoms with Crippen molar-refractivity contribution in [3.8, 4) is 5.75 Å². The van der Waals surface area contributed by atoms with E-state index in [1.807, 2.05) is 38.1 Å². The first-order valence-electron chi connectivity index (χ1n) is 10.6. The number of methoxy groups -OCH3 is 1. The van der Waals surface area contributed by atoms with Crippen molar-refractivity contribution in [1.82, 2.24) is 0 Å². The molecule has 172 valence electrons. The lowest BCUT2D eigenvalue weighted by atomic mass is 10.1. The van der Waals surface area contributed by atoms with Gasteiger partial charge >= 0.3 is 0 Å². The van der Waals surface area contributed by atoms with Crippen LogP contribution in [0.2, 0.25) is 5.02 Å². The minimum absolute atomic E-state index is 0.0710. The van der Waals surface area contributed by atoms with Crippen LogP contribution in [0.15, 0.2) is 71.6 Å². The van der Waals surface area contributed by atoms with E-state index in [0.29, 0.717) is 5.75 Å². The third-order valence-electron chi connectivity index (χ3n) is 5.79. The number of amides is 1. The largest absolute Gasteiger partial charge is 0.495 e. The number of hydrogen-bond acceptors (Lipinski definition) is 4. The first-order valence-corrected chi connectivity index (χ1v) is 12.4. The van der Waals surface area contributed by atoms with Crippen LogP contribution in [0.1, 0.15) is 18.1 Å². The zero-order valence-electron chi connectivity index (χ0n) is 18.7. The quantitative estimate of drug-likeness (QED) is 0.502.